The Morgan fingerprint density at radius 2 is 2.11 bits per heavy atom. The Morgan fingerprint density at radius 3 is 2.56 bits per heavy atom. The highest BCUT2D eigenvalue weighted by Gasteiger charge is 2.23. The van der Waals surface area contributed by atoms with Crippen molar-refractivity contribution in [2.75, 3.05) is 13.1 Å². The van der Waals surface area contributed by atoms with E-state index in [0.29, 0.717) is 11.4 Å². The van der Waals surface area contributed by atoms with Gasteiger partial charge in [-0.2, -0.15) is 0 Å². The fourth-order valence-electron chi connectivity index (χ4n) is 1.24. The van der Waals surface area contributed by atoms with Crippen LogP contribution < -0.4 is 0 Å². The van der Waals surface area contributed by atoms with Crippen molar-refractivity contribution in [3.8, 4) is 0 Å². The first-order valence-corrected chi connectivity index (χ1v) is 6.61. The van der Waals surface area contributed by atoms with Gasteiger partial charge in [0.15, 0.2) is 5.78 Å². The Kier molecular flexibility index (Phi) is 4.84. The van der Waals surface area contributed by atoms with Crippen molar-refractivity contribution in [3.63, 3.8) is 0 Å². The van der Waals surface area contributed by atoms with Crippen LogP contribution in [0, 0.1) is 0 Å². The molecule has 5 nitrogen and oxygen atoms in total. The van der Waals surface area contributed by atoms with Crippen LogP contribution in [0.3, 0.4) is 0 Å². The summed E-state index contributed by atoms with van der Waals surface area (Å²) in [6, 6.07) is 0. The molecule has 0 aliphatic carbocycles. The van der Waals surface area contributed by atoms with Crippen LogP contribution in [0.15, 0.2) is 11.7 Å². The zero-order valence-electron chi connectivity index (χ0n) is 11.1. The minimum atomic E-state index is -0.558. The first kappa shape index (κ1) is 14.6. The Balaban J connectivity index is 2.62. The largest absolute Gasteiger partial charge is 0.444 e. The van der Waals surface area contributed by atoms with Crippen LogP contribution in [0.4, 0.5) is 4.79 Å². The van der Waals surface area contributed by atoms with Crippen molar-refractivity contribution in [1.29, 1.82) is 0 Å². The van der Waals surface area contributed by atoms with Gasteiger partial charge in [0.05, 0.1) is 16.9 Å². The van der Waals surface area contributed by atoms with E-state index in [0.717, 1.165) is 0 Å². The Hall–Kier alpha value is -1.43. The standard InChI is InChI=1S/C12H18N2O3S/c1-5-14(11(16)17-12(2,3)4)7-9(15)10-6-13-8-18-10/h6,8H,5,7H2,1-4H3. The van der Waals surface area contributed by atoms with Crippen molar-refractivity contribution < 1.29 is 14.3 Å². The van der Waals surface area contributed by atoms with Crippen LogP contribution >= 0.6 is 11.3 Å². The number of rotatable bonds is 4. The maximum Gasteiger partial charge on any atom is 0.410 e. The van der Waals surface area contributed by atoms with Gasteiger partial charge in [-0.3, -0.25) is 9.78 Å². The minimum absolute atomic E-state index is 0.0214. The van der Waals surface area contributed by atoms with Gasteiger partial charge >= 0.3 is 6.09 Å². The third-order valence-electron chi connectivity index (χ3n) is 2.08. The maximum absolute atomic E-state index is 11.9. The quantitative estimate of drug-likeness (QED) is 0.789. The Bertz CT molecular complexity index is 409. The molecule has 0 bridgehead atoms. The average molecular weight is 270 g/mol. The molecule has 100 valence electrons. The predicted molar refractivity (Wildman–Crippen MR) is 69.9 cm³/mol. The fourth-order valence-corrected chi connectivity index (χ4v) is 1.79. The predicted octanol–water partition coefficient (Wildman–Crippen LogP) is 2.58. The maximum atomic E-state index is 11.9. The van der Waals surface area contributed by atoms with Crippen molar-refractivity contribution in [3.05, 3.63) is 16.6 Å². The van der Waals surface area contributed by atoms with Gasteiger partial charge in [-0.1, -0.05) is 0 Å². The molecule has 0 aliphatic rings. The highest BCUT2D eigenvalue weighted by atomic mass is 32.1. The van der Waals surface area contributed by atoms with Crippen molar-refractivity contribution in [2.24, 2.45) is 0 Å². The number of Topliss-reactive ketones (excluding diaryl/α,β-unsaturated/α-hetero) is 1. The van der Waals surface area contributed by atoms with Gasteiger partial charge < -0.3 is 9.64 Å². The number of ketones is 1. The number of carbonyl (C=O) groups is 2. The van der Waals surface area contributed by atoms with Crippen LogP contribution in [0.2, 0.25) is 0 Å². The van der Waals surface area contributed by atoms with Gasteiger partial charge in [0.25, 0.3) is 0 Å². The van der Waals surface area contributed by atoms with Gasteiger partial charge in [0.1, 0.15) is 5.60 Å². The second kappa shape index (κ2) is 5.95. The zero-order chi connectivity index (χ0) is 13.8. The summed E-state index contributed by atoms with van der Waals surface area (Å²) >= 11 is 1.27. The first-order chi connectivity index (χ1) is 8.33. The molecule has 0 saturated carbocycles. The number of likely N-dealkylation sites (N-methyl/N-ethyl adjacent to an activating group) is 1. The molecule has 18 heavy (non-hydrogen) atoms. The molecule has 6 heteroatoms. The van der Waals surface area contributed by atoms with E-state index in [9.17, 15) is 9.59 Å². The molecule has 0 aromatic carbocycles. The van der Waals surface area contributed by atoms with E-state index >= 15 is 0 Å². The Morgan fingerprint density at radius 1 is 1.44 bits per heavy atom. The Labute approximate surface area is 111 Å². The lowest BCUT2D eigenvalue weighted by molar-refractivity contribution is 0.0257. The third-order valence-corrected chi connectivity index (χ3v) is 2.89. The molecule has 0 unspecified atom stereocenters. The highest BCUT2D eigenvalue weighted by Crippen LogP contribution is 2.12. The van der Waals surface area contributed by atoms with E-state index in [4.69, 9.17) is 4.74 Å². The second-order valence-electron chi connectivity index (χ2n) is 4.78. The van der Waals surface area contributed by atoms with Crippen molar-refractivity contribution >= 4 is 23.2 Å². The van der Waals surface area contributed by atoms with E-state index in [1.165, 1.54) is 22.4 Å². The highest BCUT2D eigenvalue weighted by molar-refractivity contribution is 7.11. The molecule has 0 atom stereocenters. The van der Waals surface area contributed by atoms with E-state index in [1.54, 1.807) is 26.3 Å². The number of hydrogen-bond acceptors (Lipinski definition) is 5. The summed E-state index contributed by atoms with van der Waals surface area (Å²) < 4.78 is 5.23. The van der Waals surface area contributed by atoms with Crippen LogP contribution in [-0.2, 0) is 4.74 Å². The molecule has 1 rings (SSSR count). The molecule has 1 aromatic heterocycles. The summed E-state index contributed by atoms with van der Waals surface area (Å²) in [5, 5.41) is 0. The SMILES string of the molecule is CCN(CC(=O)c1cncs1)C(=O)OC(C)(C)C. The molecule has 0 saturated heterocycles. The first-order valence-electron chi connectivity index (χ1n) is 5.73. The summed E-state index contributed by atoms with van der Waals surface area (Å²) in [6.45, 7) is 7.65. The number of aromatic nitrogens is 1. The lowest BCUT2D eigenvalue weighted by atomic mass is 10.2. The van der Waals surface area contributed by atoms with Gasteiger partial charge in [-0.05, 0) is 27.7 Å². The van der Waals surface area contributed by atoms with E-state index in [1.807, 2.05) is 6.92 Å². The summed E-state index contributed by atoms with van der Waals surface area (Å²) in [4.78, 5) is 29.5. The molecule has 0 fully saturated rings. The van der Waals surface area contributed by atoms with Gasteiger partial charge in [0, 0.05) is 12.7 Å². The molecule has 0 aliphatic heterocycles. The third kappa shape index (κ3) is 4.44. The number of hydrogen-bond donors (Lipinski definition) is 0. The molecular formula is C12H18N2O3S. The average Bonchev–Trinajstić information content (AvgIpc) is 2.76. The summed E-state index contributed by atoms with van der Waals surface area (Å²) in [7, 11) is 0. The van der Waals surface area contributed by atoms with E-state index in [2.05, 4.69) is 4.98 Å². The van der Waals surface area contributed by atoms with Crippen LogP contribution in [0.5, 0.6) is 0 Å². The second-order valence-corrected chi connectivity index (χ2v) is 5.67. The van der Waals surface area contributed by atoms with Gasteiger partial charge in [0.2, 0.25) is 0 Å². The zero-order valence-corrected chi connectivity index (χ0v) is 11.9. The number of carbonyl (C=O) groups excluding carboxylic acids is 2. The molecule has 1 heterocycles. The molecule has 1 aromatic rings. The fraction of sp³-hybridized carbons (Fsp3) is 0.583. The lowest BCUT2D eigenvalue weighted by Crippen LogP contribution is -2.39. The monoisotopic (exact) mass is 270 g/mol. The number of ether oxygens (including phenoxy) is 1. The normalized spacial score (nSPS) is 11.1. The molecule has 0 spiro atoms. The summed E-state index contributed by atoms with van der Waals surface area (Å²) in [5.74, 6) is -0.120. The number of thiazole rings is 1. The van der Waals surface area contributed by atoms with Crippen molar-refractivity contribution in [2.45, 2.75) is 33.3 Å². The number of amides is 1. The molecule has 0 radical (unpaired) electrons. The molecular weight excluding hydrogens is 252 g/mol. The minimum Gasteiger partial charge on any atom is -0.444 e. The summed E-state index contributed by atoms with van der Waals surface area (Å²) in [6.07, 6.45) is 1.04. The van der Waals surface area contributed by atoms with Gasteiger partial charge in [-0.25, -0.2) is 4.79 Å². The number of nitrogens with zero attached hydrogens (tertiary/aromatic N) is 2. The molecule has 0 N–H and O–H groups in total. The lowest BCUT2D eigenvalue weighted by Gasteiger charge is -2.25. The van der Waals surface area contributed by atoms with Crippen molar-refractivity contribution in [1.82, 2.24) is 9.88 Å². The topological polar surface area (TPSA) is 59.5 Å². The van der Waals surface area contributed by atoms with Crippen LogP contribution in [0.1, 0.15) is 37.4 Å². The summed E-state index contributed by atoms with van der Waals surface area (Å²) in [5.41, 5.74) is 1.04. The smallest absolute Gasteiger partial charge is 0.410 e. The van der Waals surface area contributed by atoms with E-state index < -0.39 is 11.7 Å². The molecule has 1 amide bonds. The van der Waals surface area contributed by atoms with Crippen LogP contribution in [0.25, 0.3) is 0 Å². The van der Waals surface area contributed by atoms with Gasteiger partial charge in [-0.15, -0.1) is 11.3 Å². The van der Waals surface area contributed by atoms with Crippen LogP contribution in [-0.4, -0.2) is 40.5 Å². The van der Waals surface area contributed by atoms with E-state index in [-0.39, 0.29) is 12.3 Å².